The molecule has 2 nitrogen and oxygen atoms in total. The van der Waals surface area contributed by atoms with Gasteiger partial charge in [-0.15, -0.1) is 0 Å². The lowest BCUT2D eigenvalue weighted by molar-refractivity contribution is 0.660. The molecule has 1 aromatic heterocycles. The minimum atomic E-state index is -0.120. The zero-order valence-electron chi connectivity index (χ0n) is 31.9. The van der Waals surface area contributed by atoms with Gasteiger partial charge in [0, 0.05) is 32.9 Å². The number of para-hydroxylation sites is 1. The predicted octanol–water partition coefficient (Wildman–Crippen LogP) is 15.5. The Bertz CT molecular complexity index is 3130. The SMILES string of the molecule is CC1(C)c2ccccc2-c2ccc(N(c3ccc(-c4ccc(-c5ccccc5)cc4)cc3)c3ccc(-c4ccc5c(c4)oc4ccccc45)c4ccccc34)cc21. The molecule has 1 heterocycles. The third kappa shape index (κ3) is 5.40. The van der Waals surface area contributed by atoms with E-state index < -0.39 is 0 Å². The van der Waals surface area contributed by atoms with E-state index >= 15 is 0 Å². The van der Waals surface area contributed by atoms with Crippen molar-refractivity contribution in [2.24, 2.45) is 0 Å². The highest BCUT2D eigenvalue weighted by Gasteiger charge is 2.36. The van der Waals surface area contributed by atoms with Gasteiger partial charge < -0.3 is 9.32 Å². The number of rotatable bonds is 6. The molecule has 0 bridgehead atoms. The average molecular weight is 730 g/mol. The molecule has 0 spiro atoms. The van der Waals surface area contributed by atoms with Crippen LogP contribution in [0, 0.1) is 0 Å². The van der Waals surface area contributed by atoms with Crippen LogP contribution in [-0.4, -0.2) is 0 Å². The fourth-order valence-corrected chi connectivity index (χ4v) is 9.17. The van der Waals surface area contributed by atoms with E-state index in [4.69, 9.17) is 4.42 Å². The molecule has 10 aromatic rings. The van der Waals surface area contributed by atoms with Crippen LogP contribution in [0.4, 0.5) is 17.1 Å². The molecule has 9 aromatic carbocycles. The van der Waals surface area contributed by atoms with E-state index in [1.165, 1.54) is 60.8 Å². The van der Waals surface area contributed by atoms with Crippen LogP contribution in [0.2, 0.25) is 0 Å². The van der Waals surface area contributed by atoms with Crippen molar-refractivity contribution in [1.29, 1.82) is 0 Å². The fraction of sp³-hybridized carbons (Fsp3) is 0.0545. The highest BCUT2D eigenvalue weighted by atomic mass is 16.3. The Kier molecular flexibility index (Phi) is 7.55. The summed E-state index contributed by atoms with van der Waals surface area (Å²) in [6.07, 6.45) is 0. The van der Waals surface area contributed by atoms with Gasteiger partial charge in [-0.2, -0.15) is 0 Å². The minimum Gasteiger partial charge on any atom is -0.456 e. The predicted molar refractivity (Wildman–Crippen MR) is 240 cm³/mol. The average Bonchev–Trinajstić information content (AvgIpc) is 3.75. The molecule has 0 N–H and O–H groups in total. The van der Waals surface area contributed by atoms with Crippen LogP contribution in [0.15, 0.2) is 205 Å². The van der Waals surface area contributed by atoms with Crippen LogP contribution in [0.5, 0.6) is 0 Å². The highest BCUT2D eigenvalue weighted by molar-refractivity contribution is 6.09. The molecule has 0 aliphatic heterocycles. The van der Waals surface area contributed by atoms with Crippen molar-refractivity contribution in [2.45, 2.75) is 19.3 Å². The van der Waals surface area contributed by atoms with Gasteiger partial charge in [-0.25, -0.2) is 0 Å². The second kappa shape index (κ2) is 13.0. The van der Waals surface area contributed by atoms with Crippen molar-refractivity contribution in [3.63, 3.8) is 0 Å². The van der Waals surface area contributed by atoms with Crippen LogP contribution in [0.3, 0.4) is 0 Å². The number of hydrogen-bond acceptors (Lipinski definition) is 2. The first kappa shape index (κ1) is 33.2. The van der Waals surface area contributed by atoms with Crippen molar-refractivity contribution in [3.8, 4) is 44.5 Å². The standard InChI is InChI=1S/C55H39NO/c1-55(2)50-18-10-8-15-45(50)46-31-29-42(35-51(46)55)56(41-27-24-39(25-28-41)38-22-20-37(21-23-38)36-12-4-3-5-13-36)52-33-32-43(44-14-6-7-16-47(44)52)40-26-30-49-48-17-9-11-19-53(48)57-54(49)34-40/h3-35H,1-2H3. The van der Waals surface area contributed by atoms with Gasteiger partial charge in [-0.05, 0) is 110 Å². The summed E-state index contributed by atoms with van der Waals surface area (Å²) >= 11 is 0. The Labute approximate surface area is 332 Å². The third-order valence-electron chi connectivity index (χ3n) is 12.1. The second-order valence-electron chi connectivity index (χ2n) is 15.7. The van der Waals surface area contributed by atoms with Crippen molar-refractivity contribution in [2.75, 3.05) is 4.90 Å². The van der Waals surface area contributed by atoms with Gasteiger partial charge in [-0.3, -0.25) is 0 Å². The zero-order valence-corrected chi connectivity index (χ0v) is 31.9. The van der Waals surface area contributed by atoms with Crippen LogP contribution >= 0.6 is 0 Å². The lowest BCUT2D eigenvalue weighted by Crippen LogP contribution is -2.16. The van der Waals surface area contributed by atoms with Gasteiger partial charge in [0.2, 0.25) is 0 Å². The first-order valence-electron chi connectivity index (χ1n) is 19.8. The quantitative estimate of drug-likeness (QED) is 0.169. The number of benzene rings is 9. The largest absolute Gasteiger partial charge is 0.456 e. The Morgan fingerprint density at radius 1 is 0.351 bits per heavy atom. The molecule has 0 fully saturated rings. The third-order valence-corrected chi connectivity index (χ3v) is 12.1. The van der Waals surface area contributed by atoms with E-state index in [2.05, 4.69) is 207 Å². The van der Waals surface area contributed by atoms with Gasteiger partial charge >= 0.3 is 0 Å². The molecule has 0 atom stereocenters. The summed E-state index contributed by atoms with van der Waals surface area (Å²) in [7, 11) is 0. The zero-order chi connectivity index (χ0) is 38.1. The van der Waals surface area contributed by atoms with Gasteiger partial charge in [0.1, 0.15) is 11.2 Å². The van der Waals surface area contributed by atoms with Gasteiger partial charge in [-0.1, -0.05) is 166 Å². The molecule has 0 amide bonds. The maximum atomic E-state index is 6.34. The summed E-state index contributed by atoms with van der Waals surface area (Å²) in [5.74, 6) is 0. The molecular weight excluding hydrogens is 691 g/mol. The molecule has 0 saturated heterocycles. The van der Waals surface area contributed by atoms with Gasteiger partial charge in [0.25, 0.3) is 0 Å². The fourth-order valence-electron chi connectivity index (χ4n) is 9.17. The lowest BCUT2D eigenvalue weighted by atomic mass is 9.82. The van der Waals surface area contributed by atoms with E-state index in [0.29, 0.717) is 0 Å². The molecule has 0 saturated carbocycles. The van der Waals surface area contributed by atoms with E-state index in [9.17, 15) is 0 Å². The normalized spacial score (nSPS) is 12.9. The molecular formula is C55H39NO. The smallest absolute Gasteiger partial charge is 0.136 e. The van der Waals surface area contributed by atoms with Crippen LogP contribution in [0.25, 0.3) is 77.2 Å². The molecule has 0 unspecified atom stereocenters. The van der Waals surface area contributed by atoms with E-state index in [0.717, 1.165) is 44.6 Å². The van der Waals surface area contributed by atoms with E-state index in [-0.39, 0.29) is 5.41 Å². The van der Waals surface area contributed by atoms with Crippen molar-refractivity contribution in [1.82, 2.24) is 0 Å². The van der Waals surface area contributed by atoms with Crippen molar-refractivity contribution >= 4 is 49.8 Å². The van der Waals surface area contributed by atoms with E-state index in [1.807, 2.05) is 12.1 Å². The van der Waals surface area contributed by atoms with Crippen molar-refractivity contribution in [3.05, 3.63) is 211 Å². The topological polar surface area (TPSA) is 16.4 Å². The molecule has 2 heteroatoms. The van der Waals surface area contributed by atoms with Crippen LogP contribution in [-0.2, 0) is 5.41 Å². The summed E-state index contributed by atoms with van der Waals surface area (Å²) in [5, 5.41) is 4.66. The maximum Gasteiger partial charge on any atom is 0.136 e. The monoisotopic (exact) mass is 729 g/mol. The summed E-state index contributed by atoms with van der Waals surface area (Å²) in [6, 6.07) is 72.7. The highest BCUT2D eigenvalue weighted by Crippen LogP contribution is 2.51. The number of nitrogens with zero attached hydrogens (tertiary/aromatic N) is 1. The van der Waals surface area contributed by atoms with Crippen LogP contribution < -0.4 is 4.90 Å². The Morgan fingerprint density at radius 3 is 1.67 bits per heavy atom. The number of fused-ring (bicyclic) bond motifs is 7. The van der Waals surface area contributed by atoms with Gasteiger partial charge in [0.05, 0.1) is 5.69 Å². The maximum absolute atomic E-state index is 6.34. The second-order valence-corrected chi connectivity index (χ2v) is 15.7. The molecule has 57 heavy (non-hydrogen) atoms. The molecule has 0 radical (unpaired) electrons. The number of hydrogen-bond donors (Lipinski definition) is 0. The lowest BCUT2D eigenvalue weighted by Gasteiger charge is -2.29. The first-order chi connectivity index (χ1) is 28.0. The minimum absolute atomic E-state index is 0.120. The first-order valence-corrected chi connectivity index (χ1v) is 19.8. The molecule has 11 rings (SSSR count). The number of anilines is 3. The summed E-state index contributed by atoms with van der Waals surface area (Å²) in [4.78, 5) is 2.44. The Balaban J connectivity index is 1.05. The molecule has 270 valence electrons. The van der Waals surface area contributed by atoms with Crippen LogP contribution in [0.1, 0.15) is 25.0 Å². The summed E-state index contributed by atoms with van der Waals surface area (Å²) < 4.78 is 6.34. The van der Waals surface area contributed by atoms with Gasteiger partial charge in [0.15, 0.2) is 0 Å². The molecule has 1 aliphatic rings. The van der Waals surface area contributed by atoms with Crippen molar-refractivity contribution < 1.29 is 4.42 Å². The van der Waals surface area contributed by atoms with E-state index in [1.54, 1.807) is 0 Å². The summed E-state index contributed by atoms with van der Waals surface area (Å²) in [5.41, 5.74) is 17.6. The Morgan fingerprint density at radius 2 is 0.895 bits per heavy atom. The number of furan rings is 1. The Hall–Kier alpha value is -7.16. The molecule has 1 aliphatic carbocycles. The summed E-state index contributed by atoms with van der Waals surface area (Å²) in [6.45, 7) is 4.71.